The van der Waals surface area contributed by atoms with Gasteiger partial charge in [0, 0.05) is 13.6 Å². The van der Waals surface area contributed by atoms with Crippen molar-refractivity contribution in [2.75, 3.05) is 26.4 Å². The number of aliphatic carboxylic acids is 1. The van der Waals surface area contributed by atoms with Gasteiger partial charge in [-0.1, -0.05) is 0 Å². The molecule has 2 N–H and O–H groups in total. The zero-order valence-corrected chi connectivity index (χ0v) is 9.37. The van der Waals surface area contributed by atoms with Crippen LogP contribution >= 0.6 is 0 Å². The van der Waals surface area contributed by atoms with Crippen molar-refractivity contribution in [2.24, 2.45) is 0 Å². The number of amides is 1. The molecule has 15 heavy (non-hydrogen) atoms. The van der Waals surface area contributed by atoms with Gasteiger partial charge in [-0.2, -0.15) is 0 Å². The minimum atomic E-state index is -3.59. The number of carboxylic acid groups (broad SMARTS) is 1. The Morgan fingerprint density at radius 2 is 1.93 bits per heavy atom. The number of rotatable bonds is 6. The Balaban J connectivity index is 4.17. The molecule has 0 heterocycles. The maximum atomic E-state index is 11.2. The number of carbonyl (C=O) groups excluding carboxylic acids is 1. The van der Waals surface area contributed by atoms with Crippen molar-refractivity contribution in [1.82, 2.24) is 9.62 Å². The lowest BCUT2D eigenvalue weighted by Gasteiger charge is -2.15. The number of nitrogens with zero attached hydrogens (tertiary/aromatic N) is 1. The molecule has 0 radical (unpaired) electrons. The molecule has 0 atom stereocenters. The van der Waals surface area contributed by atoms with E-state index in [4.69, 9.17) is 5.11 Å². The summed E-state index contributed by atoms with van der Waals surface area (Å²) in [5.74, 6) is -2.34. The van der Waals surface area contributed by atoms with Gasteiger partial charge in [-0.25, -0.2) is 13.1 Å². The fourth-order valence-electron chi connectivity index (χ4n) is 0.733. The van der Waals surface area contributed by atoms with Crippen LogP contribution in [0, 0.1) is 0 Å². The fraction of sp³-hybridized carbons (Fsp3) is 0.714. The highest BCUT2D eigenvalue weighted by Gasteiger charge is 2.18. The Bertz CT molecular complexity index is 337. The molecule has 0 aromatic carbocycles. The molecule has 0 aromatic heterocycles. The number of sulfonamides is 1. The highest BCUT2D eigenvalue weighted by Crippen LogP contribution is 1.92. The summed E-state index contributed by atoms with van der Waals surface area (Å²) < 4.78 is 24.0. The maximum Gasteiger partial charge on any atom is 0.305 e. The number of hydrogen-bond donors (Lipinski definition) is 2. The van der Waals surface area contributed by atoms with Crippen molar-refractivity contribution in [3.63, 3.8) is 0 Å². The third kappa shape index (κ3) is 6.02. The van der Waals surface area contributed by atoms with E-state index in [1.165, 1.54) is 14.1 Å². The first-order valence-corrected chi connectivity index (χ1v) is 5.80. The molecule has 0 aliphatic carbocycles. The molecule has 0 saturated heterocycles. The van der Waals surface area contributed by atoms with Crippen molar-refractivity contribution in [3.8, 4) is 0 Å². The van der Waals surface area contributed by atoms with Crippen LogP contribution in [-0.4, -0.2) is 56.7 Å². The van der Waals surface area contributed by atoms with Crippen molar-refractivity contribution in [3.05, 3.63) is 0 Å². The molecule has 0 aliphatic heterocycles. The van der Waals surface area contributed by atoms with E-state index < -0.39 is 27.7 Å². The van der Waals surface area contributed by atoms with E-state index in [-0.39, 0.29) is 13.0 Å². The van der Waals surface area contributed by atoms with Gasteiger partial charge in [0.05, 0.1) is 6.42 Å². The minimum absolute atomic E-state index is 0.00655. The normalized spacial score (nSPS) is 11.1. The molecule has 0 bridgehead atoms. The van der Waals surface area contributed by atoms with Crippen LogP contribution in [0.4, 0.5) is 0 Å². The van der Waals surface area contributed by atoms with Crippen molar-refractivity contribution in [2.45, 2.75) is 6.42 Å². The summed E-state index contributed by atoms with van der Waals surface area (Å²) in [4.78, 5) is 22.5. The molecular formula is C7H14N2O5S. The van der Waals surface area contributed by atoms with Crippen LogP contribution in [-0.2, 0) is 19.6 Å². The third-order valence-corrected chi connectivity index (χ3v) is 2.96. The van der Waals surface area contributed by atoms with E-state index in [2.05, 4.69) is 0 Å². The lowest BCUT2D eigenvalue weighted by molar-refractivity contribution is -0.137. The Morgan fingerprint density at radius 3 is 2.33 bits per heavy atom. The summed E-state index contributed by atoms with van der Waals surface area (Å²) in [5, 5.41) is 8.35. The van der Waals surface area contributed by atoms with E-state index in [9.17, 15) is 18.0 Å². The molecular weight excluding hydrogens is 224 g/mol. The topological polar surface area (TPSA) is 104 Å². The molecule has 0 spiro atoms. The summed E-state index contributed by atoms with van der Waals surface area (Å²) >= 11 is 0. The van der Waals surface area contributed by atoms with E-state index >= 15 is 0 Å². The van der Waals surface area contributed by atoms with Gasteiger partial charge in [0.15, 0.2) is 0 Å². The van der Waals surface area contributed by atoms with Crippen LogP contribution in [0.2, 0.25) is 0 Å². The number of hydrogen-bond acceptors (Lipinski definition) is 4. The van der Waals surface area contributed by atoms with Gasteiger partial charge in [-0.15, -0.1) is 0 Å². The predicted octanol–water partition coefficient (Wildman–Crippen LogP) is -1.53. The van der Waals surface area contributed by atoms with E-state index in [0.29, 0.717) is 0 Å². The summed E-state index contributed by atoms with van der Waals surface area (Å²) in [6.45, 7) is -0.00655. The Labute approximate surface area is 88.1 Å². The zero-order valence-electron chi connectivity index (χ0n) is 8.56. The van der Waals surface area contributed by atoms with Gasteiger partial charge < -0.3 is 10.0 Å². The highest BCUT2D eigenvalue weighted by atomic mass is 32.2. The lowest BCUT2D eigenvalue weighted by atomic mass is 10.4. The predicted molar refractivity (Wildman–Crippen MR) is 52.7 cm³/mol. The van der Waals surface area contributed by atoms with E-state index in [1.54, 1.807) is 0 Å². The SMILES string of the molecule is CNS(=O)(=O)CC(=O)N(C)CCC(=O)O. The molecule has 1 amide bonds. The molecule has 0 unspecified atom stereocenters. The van der Waals surface area contributed by atoms with Gasteiger partial charge in [-0.05, 0) is 7.05 Å². The summed E-state index contributed by atoms with van der Waals surface area (Å²) in [6, 6.07) is 0. The van der Waals surface area contributed by atoms with Gasteiger partial charge in [-0.3, -0.25) is 9.59 Å². The monoisotopic (exact) mass is 238 g/mol. The average molecular weight is 238 g/mol. The minimum Gasteiger partial charge on any atom is -0.481 e. The largest absolute Gasteiger partial charge is 0.481 e. The Kier molecular flexibility index (Phi) is 5.23. The Hall–Kier alpha value is -1.15. The second kappa shape index (κ2) is 5.66. The molecule has 8 heteroatoms. The molecule has 0 fully saturated rings. The van der Waals surface area contributed by atoms with E-state index in [0.717, 1.165) is 4.90 Å². The zero-order chi connectivity index (χ0) is 12.1. The van der Waals surface area contributed by atoms with Crippen molar-refractivity contribution in [1.29, 1.82) is 0 Å². The molecule has 0 aromatic rings. The van der Waals surface area contributed by atoms with Crippen molar-refractivity contribution >= 4 is 21.9 Å². The first-order chi connectivity index (χ1) is 6.78. The first kappa shape index (κ1) is 13.8. The first-order valence-electron chi connectivity index (χ1n) is 4.15. The second-order valence-corrected chi connectivity index (χ2v) is 4.85. The number of carboxylic acids is 1. The molecule has 0 aliphatic rings. The lowest BCUT2D eigenvalue weighted by Crippen LogP contribution is -2.37. The van der Waals surface area contributed by atoms with Gasteiger partial charge in [0.1, 0.15) is 5.75 Å². The number of nitrogens with one attached hydrogen (secondary N) is 1. The quantitative estimate of drug-likeness (QED) is 0.584. The highest BCUT2D eigenvalue weighted by molar-refractivity contribution is 7.90. The van der Waals surface area contributed by atoms with Gasteiger partial charge in [0.2, 0.25) is 15.9 Å². The van der Waals surface area contributed by atoms with Crippen LogP contribution < -0.4 is 4.72 Å². The standard InChI is InChI=1S/C7H14N2O5S/c1-8-15(13,14)5-6(10)9(2)4-3-7(11)12/h8H,3-5H2,1-2H3,(H,11,12). The van der Waals surface area contributed by atoms with Crippen LogP contribution in [0.5, 0.6) is 0 Å². The third-order valence-electron chi connectivity index (χ3n) is 1.71. The van der Waals surface area contributed by atoms with E-state index in [1.807, 2.05) is 4.72 Å². The molecule has 0 rings (SSSR count). The number of carbonyl (C=O) groups is 2. The van der Waals surface area contributed by atoms with Gasteiger partial charge >= 0.3 is 5.97 Å². The molecule has 7 nitrogen and oxygen atoms in total. The molecule has 0 saturated carbocycles. The maximum absolute atomic E-state index is 11.2. The summed E-state index contributed by atoms with van der Waals surface area (Å²) in [5.41, 5.74) is 0. The summed E-state index contributed by atoms with van der Waals surface area (Å²) in [6.07, 6.45) is -0.207. The molecule has 88 valence electrons. The second-order valence-electron chi connectivity index (χ2n) is 2.92. The smallest absolute Gasteiger partial charge is 0.305 e. The van der Waals surface area contributed by atoms with Crippen LogP contribution in [0.25, 0.3) is 0 Å². The van der Waals surface area contributed by atoms with Crippen LogP contribution in [0.15, 0.2) is 0 Å². The Morgan fingerprint density at radius 1 is 1.40 bits per heavy atom. The van der Waals surface area contributed by atoms with Crippen LogP contribution in [0.3, 0.4) is 0 Å². The van der Waals surface area contributed by atoms with Crippen LogP contribution in [0.1, 0.15) is 6.42 Å². The van der Waals surface area contributed by atoms with Crippen molar-refractivity contribution < 1.29 is 23.1 Å². The van der Waals surface area contributed by atoms with Gasteiger partial charge in [0.25, 0.3) is 0 Å². The summed E-state index contributed by atoms with van der Waals surface area (Å²) in [7, 11) is -1.03. The fourth-order valence-corrected chi connectivity index (χ4v) is 1.42. The average Bonchev–Trinajstić information content (AvgIpc) is 2.13.